The first kappa shape index (κ1) is 13.5. The van der Waals surface area contributed by atoms with Crippen molar-refractivity contribution in [3.8, 4) is 0 Å². The summed E-state index contributed by atoms with van der Waals surface area (Å²) in [7, 11) is 0. The molecule has 0 spiro atoms. The van der Waals surface area contributed by atoms with E-state index in [2.05, 4.69) is 18.7 Å². The highest BCUT2D eigenvalue weighted by molar-refractivity contribution is 5.73. The Morgan fingerprint density at radius 1 is 1.44 bits per heavy atom. The number of ether oxygens (including phenoxy) is 1. The monoisotopic (exact) mass is 229 g/mol. The van der Waals surface area contributed by atoms with Crippen molar-refractivity contribution in [3.05, 3.63) is 0 Å². The van der Waals surface area contributed by atoms with E-state index in [1.165, 1.54) is 0 Å². The summed E-state index contributed by atoms with van der Waals surface area (Å²) in [5.41, 5.74) is 0. The summed E-state index contributed by atoms with van der Waals surface area (Å²) in [4.78, 5) is 13.3. The molecule has 0 aromatic heterocycles. The summed E-state index contributed by atoms with van der Waals surface area (Å²) in [5, 5.41) is 9.17. The third-order valence-corrected chi connectivity index (χ3v) is 3.17. The number of carboxylic acids is 1. The molecule has 0 radical (unpaired) electrons. The Morgan fingerprint density at radius 2 is 2.06 bits per heavy atom. The molecule has 1 N–H and O–H groups in total. The topological polar surface area (TPSA) is 49.8 Å². The van der Waals surface area contributed by atoms with Crippen molar-refractivity contribution >= 4 is 5.97 Å². The van der Waals surface area contributed by atoms with Gasteiger partial charge < -0.3 is 9.84 Å². The molecule has 0 amide bonds. The fourth-order valence-corrected chi connectivity index (χ4v) is 2.41. The summed E-state index contributed by atoms with van der Waals surface area (Å²) < 4.78 is 5.26. The van der Waals surface area contributed by atoms with Gasteiger partial charge >= 0.3 is 5.97 Å². The molecule has 1 aliphatic rings. The molecular formula is C12H23NO3. The van der Waals surface area contributed by atoms with E-state index in [-0.39, 0.29) is 0 Å². The summed E-state index contributed by atoms with van der Waals surface area (Å²) in [6.45, 7) is 6.05. The Bertz CT molecular complexity index is 214. The lowest BCUT2D eigenvalue weighted by Gasteiger charge is -2.39. The maximum atomic E-state index is 11.2. The SMILES string of the molecule is CCCC(CCC)N1CCOCC1C(=O)O. The zero-order valence-corrected chi connectivity index (χ0v) is 10.3. The smallest absolute Gasteiger partial charge is 0.323 e. The summed E-state index contributed by atoms with van der Waals surface area (Å²) in [6.07, 6.45) is 4.37. The van der Waals surface area contributed by atoms with Gasteiger partial charge in [-0.1, -0.05) is 26.7 Å². The van der Waals surface area contributed by atoms with Crippen molar-refractivity contribution in [2.24, 2.45) is 0 Å². The maximum Gasteiger partial charge on any atom is 0.323 e. The quantitative estimate of drug-likeness (QED) is 0.753. The van der Waals surface area contributed by atoms with Crippen LogP contribution in [0.5, 0.6) is 0 Å². The van der Waals surface area contributed by atoms with Crippen molar-refractivity contribution in [1.82, 2.24) is 4.90 Å². The van der Waals surface area contributed by atoms with Crippen LogP contribution in [0.3, 0.4) is 0 Å². The highest BCUT2D eigenvalue weighted by Crippen LogP contribution is 2.19. The largest absolute Gasteiger partial charge is 0.480 e. The van der Waals surface area contributed by atoms with E-state index in [0.717, 1.165) is 32.2 Å². The van der Waals surface area contributed by atoms with E-state index in [1.54, 1.807) is 0 Å². The normalized spacial score (nSPS) is 22.6. The first-order chi connectivity index (χ1) is 7.70. The van der Waals surface area contributed by atoms with Crippen LogP contribution < -0.4 is 0 Å². The Labute approximate surface area is 97.6 Å². The van der Waals surface area contributed by atoms with Crippen molar-refractivity contribution in [2.45, 2.75) is 51.6 Å². The van der Waals surface area contributed by atoms with E-state index in [0.29, 0.717) is 19.3 Å². The standard InChI is InChI=1S/C12H23NO3/c1-3-5-10(6-4-2)13-7-8-16-9-11(13)12(14)15/h10-11H,3-9H2,1-2H3,(H,14,15). The van der Waals surface area contributed by atoms with E-state index in [4.69, 9.17) is 4.74 Å². The van der Waals surface area contributed by atoms with E-state index in [1.807, 2.05) is 0 Å². The molecule has 4 heteroatoms. The van der Waals surface area contributed by atoms with Crippen LogP contribution in [0, 0.1) is 0 Å². The predicted octanol–water partition coefficient (Wildman–Crippen LogP) is 1.74. The fraction of sp³-hybridized carbons (Fsp3) is 0.917. The molecule has 0 aliphatic carbocycles. The fourth-order valence-electron chi connectivity index (χ4n) is 2.41. The van der Waals surface area contributed by atoms with Gasteiger partial charge in [-0.25, -0.2) is 0 Å². The molecule has 0 aromatic carbocycles. The Morgan fingerprint density at radius 3 is 2.56 bits per heavy atom. The molecule has 1 aliphatic heterocycles. The zero-order chi connectivity index (χ0) is 12.0. The molecule has 1 rings (SSSR count). The van der Waals surface area contributed by atoms with Crippen LogP contribution in [-0.2, 0) is 9.53 Å². The van der Waals surface area contributed by atoms with Gasteiger partial charge in [0.05, 0.1) is 13.2 Å². The zero-order valence-electron chi connectivity index (χ0n) is 10.3. The second-order valence-corrected chi connectivity index (χ2v) is 4.40. The molecule has 1 heterocycles. The van der Waals surface area contributed by atoms with Crippen LogP contribution in [0.25, 0.3) is 0 Å². The number of carbonyl (C=O) groups is 1. The molecule has 1 atom stereocenters. The molecule has 0 bridgehead atoms. The van der Waals surface area contributed by atoms with Gasteiger partial charge in [-0.05, 0) is 12.8 Å². The lowest BCUT2D eigenvalue weighted by molar-refractivity contribution is -0.152. The first-order valence-electron chi connectivity index (χ1n) is 6.27. The van der Waals surface area contributed by atoms with Crippen LogP contribution in [-0.4, -0.2) is 47.8 Å². The van der Waals surface area contributed by atoms with Crippen molar-refractivity contribution < 1.29 is 14.6 Å². The number of hydrogen-bond donors (Lipinski definition) is 1. The van der Waals surface area contributed by atoms with Crippen molar-refractivity contribution in [1.29, 1.82) is 0 Å². The molecule has 1 unspecified atom stereocenters. The van der Waals surface area contributed by atoms with Crippen LogP contribution in [0.4, 0.5) is 0 Å². The molecular weight excluding hydrogens is 206 g/mol. The van der Waals surface area contributed by atoms with E-state index < -0.39 is 12.0 Å². The summed E-state index contributed by atoms with van der Waals surface area (Å²) in [6, 6.07) is -0.0446. The highest BCUT2D eigenvalue weighted by Gasteiger charge is 2.33. The van der Waals surface area contributed by atoms with Gasteiger partial charge in [0.15, 0.2) is 0 Å². The molecule has 1 fully saturated rings. The molecule has 0 saturated carbocycles. The minimum absolute atomic E-state index is 0.333. The van der Waals surface area contributed by atoms with Crippen LogP contribution >= 0.6 is 0 Å². The van der Waals surface area contributed by atoms with E-state index >= 15 is 0 Å². The molecule has 0 aromatic rings. The average Bonchev–Trinajstić information content (AvgIpc) is 2.29. The van der Waals surface area contributed by atoms with Crippen LogP contribution in [0.2, 0.25) is 0 Å². The number of rotatable bonds is 6. The van der Waals surface area contributed by atoms with Gasteiger partial charge in [-0.3, -0.25) is 9.69 Å². The van der Waals surface area contributed by atoms with Gasteiger partial charge in [0, 0.05) is 12.6 Å². The second-order valence-electron chi connectivity index (χ2n) is 4.40. The molecule has 16 heavy (non-hydrogen) atoms. The third-order valence-electron chi connectivity index (χ3n) is 3.17. The second kappa shape index (κ2) is 6.86. The predicted molar refractivity (Wildman–Crippen MR) is 62.6 cm³/mol. The average molecular weight is 229 g/mol. The number of morpholine rings is 1. The minimum atomic E-state index is -0.753. The first-order valence-corrected chi connectivity index (χ1v) is 6.27. The van der Waals surface area contributed by atoms with Gasteiger partial charge in [0.2, 0.25) is 0 Å². The Kier molecular flexibility index (Phi) is 5.77. The Hall–Kier alpha value is -0.610. The minimum Gasteiger partial charge on any atom is -0.480 e. The third kappa shape index (κ3) is 3.46. The summed E-state index contributed by atoms with van der Waals surface area (Å²) >= 11 is 0. The lowest BCUT2D eigenvalue weighted by Crippen LogP contribution is -2.54. The molecule has 4 nitrogen and oxygen atoms in total. The van der Waals surface area contributed by atoms with Crippen molar-refractivity contribution in [3.63, 3.8) is 0 Å². The molecule has 1 saturated heterocycles. The number of nitrogens with zero attached hydrogens (tertiary/aromatic N) is 1. The Balaban J connectivity index is 2.66. The summed E-state index contributed by atoms with van der Waals surface area (Å²) in [5.74, 6) is -0.753. The van der Waals surface area contributed by atoms with Crippen LogP contribution in [0.15, 0.2) is 0 Å². The highest BCUT2D eigenvalue weighted by atomic mass is 16.5. The number of carboxylic acid groups (broad SMARTS) is 1. The van der Waals surface area contributed by atoms with E-state index in [9.17, 15) is 9.90 Å². The number of hydrogen-bond acceptors (Lipinski definition) is 3. The van der Waals surface area contributed by atoms with Gasteiger partial charge in [0.1, 0.15) is 6.04 Å². The van der Waals surface area contributed by atoms with Crippen LogP contribution in [0.1, 0.15) is 39.5 Å². The van der Waals surface area contributed by atoms with Gasteiger partial charge in [-0.2, -0.15) is 0 Å². The van der Waals surface area contributed by atoms with Crippen molar-refractivity contribution in [2.75, 3.05) is 19.8 Å². The lowest BCUT2D eigenvalue weighted by atomic mass is 10.0. The molecule has 94 valence electrons. The number of aliphatic carboxylic acids is 1. The van der Waals surface area contributed by atoms with Gasteiger partial charge in [0.25, 0.3) is 0 Å². The van der Waals surface area contributed by atoms with Gasteiger partial charge in [-0.15, -0.1) is 0 Å². The maximum absolute atomic E-state index is 11.2.